The van der Waals surface area contributed by atoms with Crippen molar-refractivity contribution in [1.29, 1.82) is 0 Å². The molecular formula is C20H24O2S. The molecule has 2 atom stereocenters. The molecule has 0 aliphatic heterocycles. The largest absolute Gasteiger partial charge is 0.392 e. The molecular weight excluding hydrogens is 304 g/mol. The lowest BCUT2D eigenvalue weighted by Gasteiger charge is -2.45. The third-order valence-corrected chi connectivity index (χ3v) is 6.17. The summed E-state index contributed by atoms with van der Waals surface area (Å²) >= 11 is 1.71. The van der Waals surface area contributed by atoms with Crippen LogP contribution in [0.15, 0.2) is 45.9 Å². The fourth-order valence-corrected chi connectivity index (χ4v) is 4.40. The highest BCUT2D eigenvalue weighted by atomic mass is 32.2. The number of allylic oxidation sites excluding steroid dienone is 2. The van der Waals surface area contributed by atoms with Gasteiger partial charge in [-0.15, -0.1) is 11.8 Å². The van der Waals surface area contributed by atoms with E-state index in [-0.39, 0.29) is 17.3 Å². The molecule has 2 aliphatic carbocycles. The molecule has 0 saturated heterocycles. The standard InChI is InChI=1S/C20H24O2S/c1-13-17-5-4-6-18(21)20(17,2)12-15(19(13)22)11-14-7-9-16(23-3)10-8-14/h7-11,18,21H,4-6,12H2,1-3H3/t18-,20-/m0/s1. The lowest BCUT2D eigenvalue weighted by molar-refractivity contribution is -0.113. The van der Waals surface area contributed by atoms with Crippen molar-refractivity contribution in [2.24, 2.45) is 5.41 Å². The molecule has 0 aromatic heterocycles. The van der Waals surface area contributed by atoms with E-state index >= 15 is 0 Å². The Balaban J connectivity index is 1.99. The van der Waals surface area contributed by atoms with Crippen molar-refractivity contribution >= 4 is 23.6 Å². The van der Waals surface area contributed by atoms with Crippen LogP contribution in [0.5, 0.6) is 0 Å². The van der Waals surface area contributed by atoms with Gasteiger partial charge in [-0.3, -0.25) is 4.79 Å². The van der Waals surface area contributed by atoms with E-state index in [4.69, 9.17) is 0 Å². The lowest BCUT2D eigenvalue weighted by Crippen LogP contribution is -2.42. The normalized spacial score (nSPS) is 29.8. The number of hydrogen-bond acceptors (Lipinski definition) is 3. The molecule has 1 N–H and O–H groups in total. The zero-order chi connectivity index (χ0) is 16.6. The number of carbonyl (C=O) groups is 1. The van der Waals surface area contributed by atoms with E-state index in [1.54, 1.807) is 11.8 Å². The van der Waals surface area contributed by atoms with Gasteiger partial charge < -0.3 is 5.11 Å². The molecule has 0 heterocycles. The molecule has 1 aromatic carbocycles. The number of benzene rings is 1. The Labute approximate surface area is 142 Å². The molecule has 1 saturated carbocycles. The first-order chi connectivity index (χ1) is 11.0. The molecule has 0 amide bonds. The quantitative estimate of drug-likeness (QED) is 0.635. The first-order valence-electron chi connectivity index (χ1n) is 8.23. The number of Topliss-reactive ketones (excluding diaryl/α,β-unsaturated/α-hetero) is 1. The van der Waals surface area contributed by atoms with Gasteiger partial charge in [-0.05, 0) is 68.2 Å². The summed E-state index contributed by atoms with van der Waals surface area (Å²) in [5, 5.41) is 10.5. The highest BCUT2D eigenvalue weighted by molar-refractivity contribution is 7.98. The Hall–Kier alpha value is -1.32. The van der Waals surface area contributed by atoms with Crippen LogP contribution >= 0.6 is 11.8 Å². The SMILES string of the molecule is CSc1ccc(C=C2C[C@@]3(C)C(=C(C)C2=O)CCC[C@@H]3O)cc1. The fourth-order valence-electron chi connectivity index (χ4n) is 3.99. The predicted octanol–water partition coefficient (Wildman–Crippen LogP) is 4.63. The van der Waals surface area contributed by atoms with Crippen LogP contribution in [0.1, 0.15) is 45.1 Å². The van der Waals surface area contributed by atoms with Gasteiger partial charge in [-0.2, -0.15) is 0 Å². The molecule has 1 fully saturated rings. The second-order valence-electron chi connectivity index (χ2n) is 6.88. The van der Waals surface area contributed by atoms with E-state index in [1.807, 2.05) is 13.0 Å². The summed E-state index contributed by atoms with van der Waals surface area (Å²) in [6.07, 6.45) is 7.10. The second kappa shape index (κ2) is 6.29. The fraction of sp³-hybridized carbons (Fsp3) is 0.450. The van der Waals surface area contributed by atoms with Gasteiger partial charge in [0.25, 0.3) is 0 Å². The number of rotatable bonds is 2. The number of hydrogen-bond donors (Lipinski definition) is 1. The lowest BCUT2D eigenvalue weighted by atomic mass is 9.61. The van der Waals surface area contributed by atoms with E-state index in [1.165, 1.54) is 10.5 Å². The van der Waals surface area contributed by atoms with Crippen LogP contribution < -0.4 is 0 Å². The molecule has 0 radical (unpaired) electrons. The minimum atomic E-state index is -0.350. The Bertz CT molecular complexity index is 684. The summed E-state index contributed by atoms with van der Waals surface area (Å²) in [6.45, 7) is 4.05. The average molecular weight is 328 g/mol. The number of carbonyl (C=O) groups excluding carboxylic acids is 1. The molecule has 0 spiro atoms. The van der Waals surface area contributed by atoms with Crippen LogP contribution in [0.4, 0.5) is 0 Å². The van der Waals surface area contributed by atoms with Gasteiger partial charge in [0.15, 0.2) is 5.78 Å². The molecule has 0 unspecified atom stereocenters. The number of thioether (sulfide) groups is 1. The number of aliphatic hydroxyl groups excluding tert-OH is 1. The zero-order valence-corrected chi connectivity index (χ0v) is 14.9. The van der Waals surface area contributed by atoms with Gasteiger partial charge in [-0.1, -0.05) is 24.6 Å². The highest BCUT2D eigenvalue weighted by Crippen LogP contribution is 2.50. The highest BCUT2D eigenvalue weighted by Gasteiger charge is 2.45. The minimum absolute atomic E-state index is 0.153. The predicted molar refractivity (Wildman–Crippen MR) is 96.5 cm³/mol. The summed E-state index contributed by atoms with van der Waals surface area (Å²) in [6, 6.07) is 8.27. The van der Waals surface area contributed by atoms with Gasteiger partial charge in [0.05, 0.1) is 6.10 Å². The molecule has 0 bridgehead atoms. The number of aliphatic hydroxyl groups is 1. The molecule has 122 valence electrons. The molecule has 3 rings (SSSR count). The van der Waals surface area contributed by atoms with Crippen molar-refractivity contribution in [2.45, 2.75) is 50.5 Å². The maximum absolute atomic E-state index is 12.7. The van der Waals surface area contributed by atoms with Gasteiger partial charge in [0.2, 0.25) is 0 Å². The second-order valence-corrected chi connectivity index (χ2v) is 7.76. The van der Waals surface area contributed by atoms with Gasteiger partial charge in [0.1, 0.15) is 0 Å². The molecule has 2 nitrogen and oxygen atoms in total. The Morgan fingerprint density at radius 2 is 2.00 bits per heavy atom. The van der Waals surface area contributed by atoms with E-state index in [9.17, 15) is 9.90 Å². The van der Waals surface area contributed by atoms with E-state index < -0.39 is 0 Å². The third kappa shape index (κ3) is 2.92. The van der Waals surface area contributed by atoms with Crippen LogP contribution in [0.3, 0.4) is 0 Å². The van der Waals surface area contributed by atoms with E-state index in [0.717, 1.165) is 36.0 Å². The number of ketones is 1. The van der Waals surface area contributed by atoms with Crippen molar-refractivity contribution in [2.75, 3.05) is 6.26 Å². The summed E-state index contributed by atoms with van der Waals surface area (Å²) in [5.74, 6) is 0.153. The summed E-state index contributed by atoms with van der Waals surface area (Å²) in [5.41, 5.74) is 3.63. The summed E-state index contributed by atoms with van der Waals surface area (Å²) in [4.78, 5) is 14.0. The van der Waals surface area contributed by atoms with Crippen molar-refractivity contribution in [1.82, 2.24) is 0 Å². The summed E-state index contributed by atoms with van der Waals surface area (Å²) in [7, 11) is 0. The van der Waals surface area contributed by atoms with Crippen LogP contribution in [-0.4, -0.2) is 23.2 Å². The maximum Gasteiger partial charge on any atom is 0.184 e. The topological polar surface area (TPSA) is 37.3 Å². The molecule has 1 aromatic rings. The average Bonchev–Trinajstić information content (AvgIpc) is 2.55. The van der Waals surface area contributed by atoms with Crippen LogP contribution in [0.25, 0.3) is 6.08 Å². The van der Waals surface area contributed by atoms with Crippen molar-refractivity contribution in [3.05, 3.63) is 46.5 Å². The van der Waals surface area contributed by atoms with Crippen LogP contribution in [0, 0.1) is 5.41 Å². The van der Waals surface area contributed by atoms with E-state index in [2.05, 4.69) is 37.4 Å². The van der Waals surface area contributed by atoms with Crippen molar-refractivity contribution in [3.63, 3.8) is 0 Å². The van der Waals surface area contributed by atoms with Crippen molar-refractivity contribution in [3.8, 4) is 0 Å². The Morgan fingerprint density at radius 3 is 2.65 bits per heavy atom. The zero-order valence-electron chi connectivity index (χ0n) is 14.1. The first-order valence-corrected chi connectivity index (χ1v) is 9.46. The Kier molecular flexibility index (Phi) is 4.52. The van der Waals surface area contributed by atoms with Crippen molar-refractivity contribution < 1.29 is 9.90 Å². The van der Waals surface area contributed by atoms with Crippen LogP contribution in [-0.2, 0) is 4.79 Å². The molecule has 23 heavy (non-hydrogen) atoms. The Morgan fingerprint density at radius 1 is 1.30 bits per heavy atom. The van der Waals surface area contributed by atoms with Gasteiger partial charge in [0, 0.05) is 15.9 Å². The summed E-state index contributed by atoms with van der Waals surface area (Å²) < 4.78 is 0. The van der Waals surface area contributed by atoms with Gasteiger partial charge >= 0.3 is 0 Å². The molecule has 3 heteroatoms. The molecule has 2 aliphatic rings. The smallest absolute Gasteiger partial charge is 0.184 e. The number of fused-ring (bicyclic) bond motifs is 1. The van der Waals surface area contributed by atoms with Crippen LogP contribution in [0.2, 0.25) is 0 Å². The van der Waals surface area contributed by atoms with E-state index in [0.29, 0.717) is 6.42 Å². The maximum atomic E-state index is 12.7. The van der Waals surface area contributed by atoms with Gasteiger partial charge in [-0.25, -0.2) is 0 Å². The minimum Gasteiger partial charge on any atom is -0.392 e. The first kappa shape index (κ1) is 16.5. The third-order valence-electron chi connectivity index (χ3n) is 5.43. The monoisotopic (exact) mass is 328 g/mol.